The monoisotopic (exact) mass is 466 g/mol. The van der Waals surface area contributed by atoms with Crippen LogP contribution in [0, 0.1) is 6.92 Å². The van der Waals surface area contributed by atoms with Crippen LogP contribution in [0.3, 0.4) is 0 Å². The molecule has 1 aliphatic carbocycles. The van der Waals surface area contributed by atoms with Crippen LogP contribution >= 0.6 is 0 Å². The first-order chi connectivity index (χ1) is 17.1. The third kappa shape index (κ3) is 5.90. The second kappa shape index (κ2) is 10.5. The van der Waals surface area contributed by atoms with Crippen LogP contribution in [-0.4, -0.2) is 23.1 Å². The molecule has 1 aliphatic rings. The van der Waals surface area contributed by atoms with Crippen molar-refractivity contribution in [3.8, 4) is 11.5 Å². The maximum atomic E-state index is 12.6. The molecular weight excluding hydrogens is 436 g/mol. The van der Waals surface area contributed by atoms with Crippen LogP contribution in [0.15, 0.2) is 84.9 Å². The molecule has 6 nitrogen and oxygen atoms in total. The average molecular weight is 467 g/mol. The van der Waals surface area contributed by atoms with Crippen molar-refractivity contribution in [2.75, 3.05) is 10.6 Å². The molecule has 178 valence electrons. The van der Waals surface area contributed by atoms with Crippen molar-refractivity contribution in [2.24, 2.45) is 0 Å². The van der Waals surface area contributed by atoms with Crippen molar-refractivity contribution in [1.29, 1.82) is 0 Å². The first-order valence-corrected chi connectivity index (χ1v) is 12.2. The quantitative estimate of drug-likeness (QED) is 0.289. The van der Waals surface area contributed by atoms with Crippen LogP contribution < -0.4 is 20.7 Å². The van der Waals surface area contributed by atoms with E-state index in [0.717, 1.165) is 42.8 Å². The summed E-state index contributed by atoms with van der Waals surface area (Å²) in [6.45, 7) is 2.12. The number of carbonyl (C=O) groups excluding carboxylic acids is 1. The maximum absolute atomic E-state index is 12.6. The molecule has 3 N–H and O–H groups in total. The number of aromatic nitrogens is 1. The van der Waals surface area contributed by atoms with Crippen molar-refractivity contribution in [1.82, 2.24) is 10.3 Å². The van der Waals surface area contributed by atoms with Gasteiger partial charge in [-0.05, 0) is 74.6 Å². The topological polar surface area (TPSA) is 75.3 Å². The molecular formula is C29H30N4O2. The van der Waals surface area contributed by atoms with Gasteiger partial charge in [0.15, 0.2) is 0 Å². The molecule has 4 aromatic rings. The Kier molecular flexibility index (Phi) is 6.80. The number of hydrogen-bond donors (Lipinski definition) is 3. The highest BCUT2D eigenvalue weighted by atomic mass is 16.5. The number of hydrogen-bond acceptors (Lipinski definition) is 4. The minimum absolute atomic E-state index is 0.156. The summed E-state index contributed by atoms with van der Waals surface area (Å²) in [6.07, 6.45) is 3.82. The van der Waals surface area contributed by atoms with E-state index >= 15 is 0 Å². The Balaban J connectivity index is 1.11. The number of carbonyl (C=O) groups is 1. The maximum Gasteiger partial charge on any atom is 0.319 e. The molecule has 6 heteroatoms. The lowest BCUT2D eigenvalue weighted by Crippen LogP contribution is -2.42. The highest BCUT2D eigenvalue weighted by molar-refractivity contribution is 5.89. The fourth-order valence-electron chi connectivity index (χ4n) is 4.63. The number of rotatable bonds is 6. The van der Waals surface area contributed by atoms with Gasteiger partial charge in [0.1, 0.15) is 17.3 Å². The minimum atomic E-state index is -0.190. The van der Waals surface area contributed by atoms with Gasteiger partial charge in [-0.15, -0.1) is 0 Å². The number of ether oxygens (including phenoxy) is 1. The summed E-state index contributed by atoms with van der Waals surface area (Å²) in [4.78, 5) is 17.4. The highest BCUT2D eigenvalue weighted by Gasteiger charge is 2.23. The summed E-state index contributed by atoms with van der Waals surface area (Å²) in [6, 6.07) is 27.7. The van der Waals surface area contributed by atoms with Crippen LogP contribution in [0.4, 0.5) is 16.3 Å². The van der Waals surface area contributed by atoms with Crippen LogP contribution in [0.1, 0.15) is 31.2 Å². The molecule has 0 spiro atoms. The molecule has 0 unspecified atom stereocenters. The highest BCUT2D eigenvalue weighted by Crippen LogP contribution is 2.26. The van der Waals surface area contributed by atoms with Crippen molar-refractivity contribution in [2.45, 2.75) is 44.7 Å². The van der Waals surface area contributed by atoms with E-state index in [1.165, 1.54) is 10.9 Å². The van der Waals surface area contributed by atoms with Crippen molar-refractivity contribution >= 4 is 28.4 Å². The lowest BCUT2D eigenvalue weighted by atomic mass is 9.91. The Bertz CT molecular complexity index is 1300. The molecule has 1 fully saturated rings. The minimum Gasteiger partial charge on any atom is -0.457 e. The standard InChI is InChI=1S/C29H30N4O2/c1-20-18-28(33-27-13-6-5-12-26(20)27)30-21-14-16-22(17-15-21)31-29(34)32-23-8-7-11-25(19-23)35-24-9-3-2-4-10-24/h2-13,18-19,21-22H,14-17H2,1H3,(H,30,33)(H2,31,32,34). The van der Waals surface area contributed by atoms with Gasteiger partial charge in [-0.3, -0.25) is 0 Å². The average Bonchev–Trinajstić information content (AvgIpc) is 2.86. The van der Waals surface area contributed by atoms with Gasteiger partial charge in [0, 0.05) is 29.2 Å². The second-order valence-corrected chi connectivity index (χ2v) is 9.08. The first kappa shape index (κ1) is 22.7. The number of nitrogens with one attached hydrogen (secondary N) is 3. The van der Waals surface area contributed by atoms with Gasteiger partial charge in [-0.25, -0.2) is 9.78 Å². The molecule has 35 heavy (non-hydrogen) atoms. The van der Waals surface area contributed by atoms with Gasteiger partial charge in [-0.2, -0.15) is 0 Å². The van der Waals surface area contributed by atoms with Gasteiger partial charge in [0.25, 0.3) is 0 Å². The Morgan fingerprint density at radius 1 is 0.829 bits per heavy atom. The molecule has 2 amide bonds. The number of nitrogens with zero attached hydrogens (tertiary/aromatic N) is 1. The van der Waals surface area contributed by atoms with Gasteiger partial charge < -0.3 is 20.7 Å². The first-order valence-electron chi connectivity index (χ1n) is 12.2. The van der Waals surface area contributed by atoms with Crippen LogP contribution in [0.25, 0.3) is 10.9 Å². The Labute approximate surface area is 205 Å². The van der Waals surface area contributed by atoms with Gasteiger partial charge in [0.05, 0.1) is 5.52 Å². The zero-order valence-electron chi connectivity index (χ0n) is 19.8. The third-order valence-corrected chi connectivity index (χ3v) is 6.41. The van der Waals surface area contributed by atoms with Crippen LogP contribution in [0.5, 0.6) is 11.5 Å². The predicted molar refractivity (Wildman–Crippen MR) is 141 cm³/mol. The van der Waals surface area contributed by atoms with E-state index in [9.17, 15) is 4.79 Å². The van der Waals surface area contributed by atoms with E-state index in [0.29, 0.717) is 17.5 Å². The number of anilines is 2. The van der Waals surface area contributed by atoms with Crippen LogP contribution in [0.2, 0.25) is 0 Å². The molecule has 1 saturated carbocycles. The van der Waals surface area contributed by atoms with E-state index in [1.807, 2.05) is 66.7 Å². The van der Waals surface area contributed by atoms with Gasteiger partial charge in [0.2, 0.25) is 0 Å². The summed E-state index contributed by atoms with van der Waals surface area (Å²) >= 11 is 0. The van der Waals surface area contributed by atoms with E-state index < -0.39 is 0 Å². The number of para-hydroxylation sites is 2. The third-order valence-electron chi connectivity index (χ3n) is 6.41. The summed E-state index contributed by atoms with van der Waals surface area (Å²) in [5, 5.41) is 10.8. The van der Waals surface area contributed by atoms with Gasteiger partial charge >= 0.3 is 6.03 Å². The number of urea groups is 1. The summed E-state index contributed by atoms with van der Waals surface area (Å²) < 4.78 is 5.86. The fraction of sp³-hybridized carbons (Fsp3) is 0.241. The molecule has 0 bridgehead atoms. The number of benzene rings is 3. The number of aryl methyl sites for hydroxylation is 1. The molecule has 0 radical (unpaired) electrons. The summed E-state index contributed by atoms with van der Waals surface area (Å²) in [5.74, 6) is 2.36. The van der Waals surface area contributed by atoms with Gasteiger partial charge in [-0.1, -0.05) is 42.5 Å². The Hall–Kier alpha value is -4.06. The van der Waals surface area contributed by atoms with Crippen molar-refractivity contribution in [3.05, 3.63) is 90.5 Å². The fourth-order valence-corrected chi connectivity index (χ4v) is 4.63. The van der Waals surface area contributed by atoms with E-state index in [-0.39, 0.29) is 12.1 Å². The Morgan fingerprint density at radius 2 is 1.54 bits per heavy atom. The SMILES string of the molecule is Cc1cc(NC2CCC(NC(=O)Nc3cccc(Oc4ccccc4)c3)CC2)nc2ccccc12. The van der Waals surface area contributed by atoms with E-state index in [4.69, 9.17) is 9.72 Å². The zero-order chi connectivity index (χ0) is 24.0. The lowest BCUT2D eigenvalue weighted by Gasteiger charge is -2.30. The number of fused-ring (bicyclic) bond motifs is 1. The molecule has 1 aromatic heterocycles. The summed E-state index contributed by atoms with van der Waals surface area (Å²) in [5.41, 5.74) is 2.94. The van der Waals surface area contributed by atoms with Crippen molar-refractivity contribution in [3.63, 3.8) is 0 Å². The summed E-state index contributed by atoms with van der Waals surface area (Å²) in [7, 11) is 0. The van der Waals surface area contributed by atoms with E-state index in [1.54, 1.807) is 0 Å². The normalized spacial score (nSPS) is 17.5. The number of amides is 2. The predicted octanol–water partition coefficient (Wildman–Crippen LogP) is 6.88. The second-order valence-electron chi connectivity index (χ2n) is 9.08. The molecule has 0 saturated heterocycles. The number of pyridine rings is 1. The smallest absolute Gasteiger partial charge is 0.319 e. The molecule has 0 aliphatic heterocycles. The van der Waals surface area contributed by atoms with E-state index in [2.05, 4.69) is 41.1 Å². The largest absolute Gasteiger partial charge is 0.457 e. The van der Waals surface area contributed by atoms with Crippen molar-refractivity contribution < 1.29 is 9.53 Å². The van der Waals surface area contributed by atoms with Crippen LogP contribution in [-0.2, 0) is 0 Å². The molecule has 0 atom stereocenters. The lowest BCUT2D eigenvalue weighted by molar-refractivity contribution is 0.243. The molecule has 5 rings (SSSR count). The Morgan fingerprint density at radius 3 is 2.37 bits per heavy atom. The zero-order valence-corrected chi connectivity index (χ0v) is 19.8. The molecule has 3 aromatic carbocycles. The molecule has 1 heterocycles.